The van der Waals surface area contributed by atoms with Gasteiger partial charge in [-0.3, -0.25) is 0 Å². The highest BCUT2D eigenvalue weighted by molar-refractivity contribution is 4.69. The van der Waals surface area contributed by atoms with Gasteiger partial charge in [-0.05, 0) is 30.1 Å². The van der Waals surface area contributed by atoms with E-state index in [-0.39, 0.29) is 0 Å². The molecule has 0 fully saturated rings. The van der Waals surface area contributed by atoms with Gasteiger partial charge in [0, 0.05) is 0 Å². The highest BCUT2D eigenvalue weighted by Crippen LogP contribution is 2.28. The Morgan fingerprint density at radius 1 is 0.769 bits per heavy atom. The molecule has 0 heterocycles. The second-order valence-electron chi connectivity index (χ2n) is 4.97. The molecule has 0 aromatic rings. The third-order valence-electron chi connectivity index (χ3n) is 3.91. The summed E-state index contributed by atoms with van der Waals surface area (Å²) in [5.41, 5.74) is 0. The lowest BCUT2D eigenvalue weighted by Crippen LogP contribution is -2.18. The molecule has 4 unspecified atom stereocenters. The van der Waals surface area contributed by atoms with Crippen LogP contribution in [0.5, 0.6) is 0 Å². The first kappa shape index (κ1) is 13.0. The molecular weight excluding hydrogens is 156 g/mol. The lowest BCUT2D eigenvalue weighted by Gasteiger charge is -2.27. The van der Waals surface area contributed by atoms with Gasteiger partial charge in [-0.15, -0.1) is 0 Å². The van der Waals surface area contributed by atoms with Crippen LogP contribution in [0.3, 0.4) is 0 Å². The third kappa shape index (κ3) is 4.69. The summed E-state index contributed by atoms with van der Waals surface area (Å²) in [6.07, 6.45) is 4.06. The van der Waals surface area contributed by atoms with Crippen LogP contribution in [0.2, 0.25) is 0 Å². The number of hydrogen-bond acceptors (Lipinski definition) is 0. The molecule has 80 valence electrons. The molecule has 0 aromatic carbocycles. The summed E-state index contributed by atoms with van der Waals surface area (Å²) in [6, 6.07) is 0. The van der Waals surface area contributed by atoms with Gasteiger partial charge in [0.05, 0.1) is 0 Å². The highest BCUT2D eigenvalue weighted by atomic mass is 14.2. The van der Waals surface area contributed by atoms with E-state index >= 15 is 0 Å². The predicted molar refractivity (Wildman–Crippen MR) is 61.9 cm³/mol. The van der Waals surface area contributed by atoms with Crippen LogP contribution in [0.1, 0.15) is 60.8 Å². The molecule has 0 saturated heterocycles. The second-order valence-corrected chi connectivity index (χ2v) is 4.97. The summed E-state index contributed by atoms with van der Waals surface area (Å²) in [5.74, 6) is 3.57. The Kier molecular flexibility index (Phi) is 6.45. The van der Waals surface area contributed by atoms with Crippen LogP contribution in [0.25, 0.3) is 0 Å². The van der Waals surface area contributed by atoms with Crippen LogP contribution < -0.4 is 0 Å². The van der Waals surface area contributed by atoms with Crippen molar-refractivity contribution in [3.63, 3.8) is 0 Å². The van der Waals surface area contributed by atoms with Gasteiger partial charge in [-0.1, -0.05) is 54.4 Å². The molecule has 0 N–H and O–H groups in total. The average molecular weight is 184 g/mol. The second kappa shape index (κ2) is 6.45. The van der Waals surface area contributed by atoms with Gasteiger partial charge in [0.15, 0.2) is 0 Å². The molecular formula is C13H28. The van der Waals surface area contributed by atoms with Gasteiger partial charge < -0.3 is 0 Å². The summed E-state index contributed by atoms with van der Waals surface area (Å²) in [4.78, 5) is 0. The van der Waals surface area contributed by atoms with E-state index in [0.29, 0.717) is 0 Å². The van der Waals surface area contributed by atoms with Crippen molar-refractivity contribution in [2.24, 2.45) is 23.7 Å². The zero-order valence-electron chi connectivity index (χ0n) is 10.4. The standard InChI is InChI=1S/C13H28/c1-7-10(3)9-12(5)13(6)11(4)8-2/h10-13H,7-9H2,1-6H3. The van der Waals surface area contributed by atoms with Crippen molar-refractivity contribution in [3.05, 3.63) is 0 Å². The fraction of sp³-hybridized carbons (Fsp3) is 1.00. The van der Waals surface area contributed by atoms with E-state index in [1.54, 1.807) is 0 Å². The van der Waals surface area contributed by atoms with E-state index in [4.69, 9.17) is 0 Å². The quantitative estimate of drug-likeness (QED) is 0.559. The Balaban J connectivity index is 3.87. The first-order valence-electron chi connectivity index (χ1n) is 6.02. The zero-order valence-corrected chi connectivity index (χ0v) is 10.4. The lowest BCUT2D eigenvalue weighted by molar-refractivity contribution is 0.234. The van der Waals surface area contributed by atoms with Crippen molar-refractivity contribution < 1.29 is 0 Å². The largest absolute Gasteiger partial charge is 0.0651 e. The molecule has 0 aliphatic carbocycles. The average Bonchev–Trinajstić information content (AvgIpc) is 2.14. The van der Waals surface area contributed by atoms with Gasteiger partial charge in [0.1, 0.15) is 0 Å². The maximum atomic E-state index is 2.42. The smallest absolute Gasteiger partial charge is 0.0391 e. The van der Waals surface area contributed by atoms with E-state index < -0.39 is 0 Å². The predicted octanol–water partition coefficient (Wildman–Crippen LogP) is 4.74. The molecule has 0 heteroatoms. The minimum atomic E-state index is 0.888. The highest BCUT2D eigenvalue weighted by Gasteiger charge is 2.18. The zero-order chi connectivity index (χ0) is 10.4. The monoisotopic (exact) mass is 184 g/mol. The SMILES string of the molecule is CCC(C)CC(C)C(C)C(C)CC. The normalized spacial score (nSPS) is 20.8. The van der Waals surface area contributed by atoms with Gasteiger partial charge in [-0.25, -0.2) is 0 Å². The Labute approximate surface area is 85.1 Å². The fourth-order valence-electron chi connectivity index (χ4n) is 1.95. The molecule has 0 aromatic heterocycles. The van der Waals surface area contributed by atoms with Gasteiger partial charge in [0.2, 0.25) is 0 Å². The van der Waals surface area contributed by atoms with E-state index in [0.717, 1.165) is 23.7 Å². The summed E-state index contributed by atoms with van der Waals surface area (Å²) in [5, 5.41) is 0. The van der Waals surface area contributed by atoms with Crippen LogP contribution in [0.15, 0.2) is 0 Å². The van der Waals surface area contributed by atoms with E-state index in [1.807, 2.05) is 0 Å². The molecule has 0 saturated carbocycles. The molecule has 13 heavy (non-hydrogen) atoms. The van der Waals surface area contributed by atoms with Gasteiger partial charge >= 0.3 is 0 Å². The van der Waals surface area contributed by atoms with Crippen molar-refractivity contribution in [3.8, 4) is 0 Å². The fourth-order valence-corrected chi connectivity index (χ4v) is 1.95. The minimum absolute atomic E-state index is 0.888. The van der Waals surface area contributed by atoms with Crippen LogP contribution in [0, 0.1) is 23.7 Å². The molecule has 0 bridgehead atoms. The summed E-state index contributed by atoms with van der Waals surface area (Å²) in [7, 11) is 0. The van der Waals surface area contributed by atoms with Crippen LogP contribution in [0.4, 0.5) is 0 Å². The minimum Gasteiger partial charge on any atom is -0.0651 e. The lowest BCUT2D eigenvalue weighted by atomic mass is 9.79. The molecule has 0 aliphatic heterocycles. The maximum Gasteiger partial charge on any atom is -0.0391 e. The Morgan fingerprint density at radius 3 is 1.69 bits per heavy atom. The van der Waals surface area contributed by atoms with E-state index in [2.05, 4.69) is 41.5 Å². The van der Waals surface area contributed by atoms with Crippen molar-refractivity contribution in [2.45, 2.75) is 60.8 Å². The molecule has 0 nitrogen and oxygen atoms in total. The topological polar surface area (TPSA) is 0 Å². The first-order chi connectivity index (χ1) is 6.02. The molecule has 4 atom stereocenters. The van der Waals surface area contributed by atoms with Gasteiger partial charge in [0.25, 0.3) is 0 Å². The Morgan fingerprint density at radius 2 is 1.31 bits per heavy atom. The van der Waals surface area contributed by atoms with E-state index in [1.165, 1.54) is 19.3 Å². The number of hydrogen-bond donors (Lipinski definition) is 0. The summed E-state index contributed by atoms with van der Waals surface area (Å²) >= 11 is 0. The van der Waals surface area contributed by atoms with Crippen molar-refractivity contribution in [1.29, 1.82) is 0 Å². The molecule has 0 rings (SSSR count). The molecule has 0 radical (unpaired) electrons. The van der Waals surface area contributed by atoms with E-state index in [9.17, 15) is 0 Å². The molecule has 0 amide bonds. The van der Waals surface area contributed by atoms with Gasteiger partial charge in [-0.2, -0.15) is 0 Å². The maximum absolute atomic E-state index is 2.42. The summed E-state index contributed by atoms with van der Waals surface area (Å²) in [6.45, 7) is 14.2. The Bertz CT molecular complexity index is 117. The van der Waals surface area contributed by atoms with Crippen LogP contribution in [-0.2, 0) is 0 Å². The van der Waals surface area contributed by atoms with Crippen molar-refractivity contribution in [2.75, 3.05) is 0 Å². The van der Waals surface area contributed by atoms with Crippen molar-refractivity contribution in [1.82, 2.24) is 0 Å². The van der Waals surface area contributed by atoms with Crippen molar-refractivity contribution >= 4 is 0 Å². The Hall–Kier alpha value is 0. The first-order valence-corrected chi connectivity index (χ1v) is 6.02. The molecule has 0 spiro atoms. The molecule has 0 aliphatic rings. The van der Waals surface area contributed by atoms with Crippen LogP contribution >= 0.6 is 0 Å². The van der Waals surface area contributed by atoms with Crippen LogP contribution in [-0.4, -0.2) is 0 Å². The third-order valence-corrected chi connectivity index (χ3v) is 3.91. The number of rotatable bonds is 6. The summed E-state index contributed by atoms with van der Waals surface area (Å²) < 4.78 is 0.